The van der Waals surface area contributed by atoms with Gasteiger partial charge in [-0.1, -0.05) is 19.9 Å². The number of nitrogens with zero attached hydrogens (tertiary/aromatic N) is 1. The van der Waals surface area contributed by atoms with Gasteiger partial charge in [0.1, 0.15) is 0 Å². The highest BCUT2D eigenvalue weighted by atomic mass is 32.1. The molecule has 2 aromatic rings. The Balaban J connectivity index is 1.54. The van der Waals surface area contributed by atoms with Crippen LogP contribution in [-0.4, -0.2) is 55.6 Å². The molecule has 0 aliphatic carbocycles. The number of ether oxygens (including phenoxy) is 1. The fourth-order valence-electron chi connectivity index (χ4n) is 3.30. The second-order valence-corrected chi connectivity index (χ2v) is 8.13. The molecule has 2 amide bonds. The Morgan fingerprint density at radius 1 is 1.11 bits per heavy atom. The number of nitrogens with one attached hydrogen (secondary N) is 2. The fraction of sp³-hybridized carbons (Fsp3) is 0.429. The van der Waals surface area contributed by atoms with Crippen LogP contribution in [0, 0.1) is 5.92 Å². The summed E-state index contributed by atoms with van der Waals surface area (Å²) in [6.45, 7) is 8.25. The Labute approximate surface area is 169 Å². The fourth-order valence-corrected chi connectivity index (χ4v) is 3.92. The lowest BCUT2D eigenvalue weighted by molar-refractivity contribution is 0.00672. The van der Waals surface area contributed by atoms with Crippen LogP contribution in [0.15, 0.2) is 41.8 Å². The number of hydrogen-bond donors (Lipinski definition) is 2. The zero-order valence-electron chi connectivity index (χ0n) is 16.3. The first-order valence-electron chi connectivity index (χ1n) is 9.59. The van der Waals surface area contributed by atoms with Crippen LogP contribution in [0.25, 0.3) is 0 Å². The molecule has 0 radical (unpaired) electrons. The largest absolute Gasteiger partial charge is 0.379 e. The lowest BCUT2D eigenvalue weighted by Gasteiger charge is -2.36. The van der Waals surface area contributed by atoms with Gasteiger partial charge in [0.05, 0.1) is 18.1 Å². The monoisotopic (exact) mass is 401 g/mol. The molecule has 2 N–H and O–H groups in total. The molecule has 2 heterocycles. The van der Waals surface area contributed by atoms with E-state index in [1.165, 1.54) is 11.3 Å². The van der Waals surface area contributed by atoms with Crippen molar-refractivity contribution in [3.8, 4) is 0 Å². The molecule has 28 heavy (non-hydrogen) atoms. The Morgan fingerprint density at radius 2 is 1.82 bits per heavy atom. The number of amides is 2. The van der Waals surface area contributed by atoms with Crippen LogP contribution in [0.4, 0.5) is 5.69 Å². The molecule has 6 nitrogen and oxygen atoms in total. The van der Waals surface area contributed by atoms with E-state index in [2.05, 4.69) is 29.4 Å². The maximum atomic E-state index is 12.5. The van der Waals surface area contributed by atoms with Crippen molar-refractivity contribution in [1.29, 1.82) is 0 Å². The van der Waals surface area contributed by atoms with Crippen LogP contribution >= 0.6 is 11.3 Å². The average molecular weight is 402 g/mol. The topological polar surface area (TPSA) is 70.7 Å². The van der Waals surface area contributed by atoms with E-state index in [4.69, 9.17) is 4.74 Å². The molecule has 1 saturated heterocycles. The van der Waals surface area contributed by atoms with E-state index >= 15 is 0 Å². The minimum absolute atomic E-state index is 0.102. The molecule has 0 saturated carbocycles. The maximum Gasteiger partial charge on any atom is 0.265 e. The molecule has 1 atom stereocenters. The van der Waals surface area contributed by atoms with Gasteiger partial charge in [0, 0.05) is 36.9 Å². The second-order valence-electron chi connectivity index (χ2n) is 7.18. The Kier molecular flexibility index (Phi) is 7.19. The summed E-state index contributed by atoms with van der Waals surface area (Å²) < 4.78 is 5.43. The zero-order valence-corrected chi connectivity index (χ0v) is 17.1. The highest BCUT2D eigenvalue weighted by Crippen LogP contribution is 2.15. The van der Waals surface area contributed by atoms with Crippen LogP contribution in [0.5, 0.6) is 0 Å². The standard InChI is InChI=1S/C21H27N3O3S/c1-15(2)18(24-9-11-27-12-10-24)14-22-20(25)16-5-7-17(8-6-16)23-21(26)19-4-3-13-28-19/h3-8,13,15,18H,9-12,14H2,1-2H3,(H,22,25)(H,23,26). The Morgan fingerprint density at radius 3 is 2.43 bits per heavy atom. The van der Waals surface area contributed by atoms with Crippen molar-refractivity contribution in [1.82, 2.24) is 10.2 Å². The molecule has 1 fully saturated rings. The summed E-state index contributed by atoms with van der Waals surface area (Å²) in [6, 6.07) is 10.9. The molecule has 1 unspecified atom stereocenters. The van der Waals surface area contributed by atoms with Gasteiger partial charge in [0.15, 0.2) is 0 Å². The van der Waals surface area contributed by atoms with Crippen molar-refractivity contribution in [3.05, 3.63) is 52.2 Å². The molecular formula is C21H27N3O3S. The van der Waals surface area contributed by atoms with Crippen molar-refractivity contribution in [3.63, 3.8) is 0 Å². The van der Waals surface area contributed by atoms with Gasteiger partial charge in [-0.2, -0.15) is 0 Å². The van der Waals surface area contributed by atoms with Gasteiger partial charge in [-0.3, -0.25) is 14.5 Å². The third-order valence-corrected chi connectivity index (χ3v) is 5.77. The van der Waals surface area contributed by atoms with E-state index in [0.29, 0.717) is 28.6 Å². The summed E-state index contributed by atoms with van der Waals surface area (Å²) in [5.74, 6) is 0.195. The van der Waals surface area contributed by atoms with Gasteiger partial charge in [0.2, 0.25) is 0 Å². The van der Waals surface area contributed by atoms with Crippen molar-refractivity contribution in [2.75, 3.05) is 38.2 Å². The van der Waals surface area contributed by atoms with Crippen LogP contribution in [-0.2, 0) is 4.74 Å². The van der Waals surface area contributed by atoms with Gasteiger partial charge in [0.25, 0.3) is 11.8 Å². The van der Waals surface area contributed by atoms with Crippen molar-refractivity contribution < 1.29 is 14.3 Å². The molecule has 1 aromatic carbocycles. The van der Waals surface area contributed by atoms with Gasteiger partial charge in [-0.25, -0.2) is 0 Å². The van der Waals surface area contributed by atoms with Crippen LogP contribution < -0.4 is 10.6 Å². The van der Waals surface area contributed by atoms with E-state index < -0.39 is 0 Å². The number of carbonyl (C=O) groups is 2. The third kappa shape index (κ3) is 5.41. The molecule has 7 heteroatoms. The van der Waals surface area contributed by atoms with Crippen LogP contribution in [0.2, 0.25) is 0 Å². The lowest BCUT2D eigenvalue weighted by atomic mass is 10.0. The molecule has 1 aliphatic heterocycles. The number of rotatable bonds is 7. The predicted molar refractivity (Wildman–Crippen MR) is 112 cm³/mol. The van der Waals surface area contributed by atoms with Gasteiger partial charge < -0.3 is 15.4 Å². The first kappa shape index (κ1) is 20.5. The zero-order chi connectivity index (χ0) is 19.9. The summed E-state index contributed by atoms with van der Waals surface area (Å²) in [5.41, 5.74) is 1.25. The quantitative estimate of drug-likeness (QED) is 0.748. The molecule has 0 spiro atoms. The average Bonchev–Trinajstić information content (AvgIpc) is 3.24. The molecule has 3 rings (SSSR count). The molecule has 1 aliphatic rings. The van der Waals surface area contributed by atoms with Gasteiger partial charge in [-0.15, -0.1) is 11.3 Å². The highest BCUT2D eigenvalue weighted by Gasteiger charge is 2.24. The Hall–Kier alpha value is -2.22. The van der Waals surface area contributed by atoms with Crippen molar-refractivity contribution >= 4 is 28.8 Å². The Bertz CT molecular complexity index is 769. The summed E-state index contributed by atoms with van der Waals surface area (Å²) in [4.78, 5) is 27.7. The first-order chi connectivity index (χ1) is 13.5. The van der Waals surface area contributed by atoms with E-state index in [0.717, 1.165) is 26.3 Å². The molecule has 1 aromatic heterocycles. The summed E-state index contributed by atoms with van der Waals surface area (Å²) in [7, 11) is 0. The number of anilines is 1. The highest BCUT2D eigenvalue weighted by molar-refractivity contribution is 7.12. The third-order valence-electron chi connectivity index (χ3n) is 4.91. The first-order valence-corrected chi connectivity index (χ1v) is 10.5. The molecule has 0 bridgehead atoms. The smallest absolute Gasteiger partial charge is 0.265 e. The van der Waals surface area contributed by atoms with Crippen LogP contribution in [0.1, 0.15) is 33.9 Å². The molecular weight excluding hydrogens is 374 g/mol. The summed E-state index contributed by atoms with van der Waals surface area (Å²) >= 11 is 1.39. The van der Waals surface area contributed by atoms with Crippen LogP contribution in [0.3, 0.4) is 0 Å². The molecule has 150 valence electrons. The van der Waals surface area contributed by atoms with E-state index in [9.17, 15) is 9.59 Å². The number of thiophene rings is 1. The predicted octanol–water partition coefficient (Wildman–Crippen LogP) is 3.09. The minimum atomic E-state index is -0.141. The van der Waals surface area contributed by atoms with Gasteiger partial charge >= 0.3 is 0 Å². The van der Waals surface area contributed by atoms with Gasteiger partial charge in [-0.05, 0) is 41.6 Å². The number of benzene rings is 1. The summed E-state index contributed by atoms with van der Waals surface area (Å²) in [6.07, 6.45) is 0. The van der Waals surface area contributed by atoms with Crippen molar-refractivity contribution in [2.45, 2.75) is 19.9 Å². The number of morpholine rings is 1. The lowest BCUT2D eigenvalue weighted by Crippen LogP contribution is -2.51. The summed E-state index contributed by atoms with van der Waals surface area (Å²) in [5, 5.41) is 7.76. The van der Waals surface area contributed by atoms with E-state index in [1.807, 2.05) is 11.4 Å². The number of hydrogen-bond acceptors (Lipinski definition) is 5. The SMILES string of the molecule is CC(C)C(CNC(=O)c1ccc(NC(=O)c2cccs2)cc1)N1CCOCC1. The minimum Gasteiger partial charge on any atom is -0.379 e. The normalized spacial score (nSPS) is 16.0. The van der Waals surface area contributed by atoms with E-state index in [-0.39, 0.29) is 17.9 Å². The maximum absolute atomic E-state index is 12.5. The van der Waals surface area contributed by atoms with E-state index in [1.54, 1.807) is 30.3 Å². The second kappa shape index (κ2) is 9.82. The number of carbonyl (C=O) groups excluding carboxylic acids is 2. The van der Waals surface area contributed by atoms with Crippen molar-refractivity contribution in [2.24, 2.45) is 5.92 Å².